The van der Waals surface area contributed by atoms with Gasteiger partial charge in [0.15, 0.2) is 23.0 Å². The number of hydrogen-bond acceptors (Lipinski definition) is 14. The zero-order chi connectivity index (χ0) is 30.3. The lowest BCUT2D eigenvalue weighted by atomic mass is 9.94. The van der Waals surface area contributed by atoms with Crippen molar-refractivity contribution in [2.75, 3.05) is 47.9 Å². The van der Waals surface area contributed by atoms with E-state index in [4.69, 9.17) is 16.2 Å². The number of carbonyl (C=O) groups excluding carboxylic acids is 1. The zero-order valence-electron chi connectivity index (χ0n) is 24.0. The predicted octanol–water partition coefficient (Wildman–Crippen LogP) is 0.0130. The molecule has 3 aliphatic heterocycles. The minimum Gasteiger partial charge on any atom is -0.390 e. The van der Waals surface area contributed by atoms with Crippen molar-refractivity contribution in [3.63, 3.8) is 0 Å². The van der Waals surface area contributed by atoms with Gasteiger partial charge in [-0.2, -0.15) is 16.7 Å². The average molecular weight is 613 g/mol. The molecule has 3 atom stereocenters. The summed E-state index contributed by atoms with van der Waals surface area (Å²) < 4.78 is 7.96. The molecule has 1 amide bonds. The van der Waals surface area contributed by atoms with Crippen LogP contribution >= 0.6 is 11.8 Å². The minimum absolute atomic E-state index is 0.0120. The lowest BCUT2D eigenvalue weighted by Gasteiger charge is -2.35. The highest BCUT2D eigenvalue weighted by atomic mass is 32.2. The van der Waals surface area contributed by atoms with Gasteiger partial charge in [0.2, 0.25) is 5.95 Å². The van der Waals surface area contributed by atoms with E-state index in [2.05, 4.69) is 45.4 Å². The zero-order valence-corrected chi connectivity index (χ0v) is 24.8. The number of aromatic amines is 1. The number of aliphatic hydroxyl groups excluding tert-OH is 1. The number of nitrogens with two attached hydrogens (primary N) is 2. The summed E-state index contributed by atoms with van der Waals surface area (Å²) in [5.41, 5.74) is 11.6. The van der Waals surface area contributed by atoms with Crippen LogP contribution in [0.15, 0.2) is 22.4 Å². The lowest BCUT2D eigenvalue weighted by Crippen LogP contribution is -2.54. The van der Waals surface area contributed by atoms with E-state index in [1.807, 2.05) is 13.8 Å². The largest absolute Gasteiger partial charge is 0.390 e. The number of nitrogens with zero attached hydrogens (tertiary/aromatic N) is 7. The highest BCUT2D eigenvalue weighted by Crippen LogP contribution is 2.33. The number of aliphatic imine (C=N–C) groups is 1. The number of nitrogens with one attached hydrogen (secondary N) is 3. The van der Waals surface area contributed by atoms with Crippen LogP contribution in [0.5, 0.6) is 0 Å². The van der Waals surface area contributed by atoms with Gasteiger partial charge in [-0.15, -0.1) is 0 Å². The summed E-state index contributed by atoms with van der Waals surface area (Å²) in [6.07, 6.45) is 3.87. The van der Waals surface area contributed by atoms with Gasteiger partial charge in [-0.25, -0.2) is 19.9 Å². The number of amides is 1. The number of likely N-dealkylation sites (tertiary alicyclic amines) is 1. The van der Waals surface area contributed by atoms with Gasteiger partial charge in [0, 0.05) is 43.6 Å². The number of carbonyl (C=O) groups is 1. The second-order valence-corrected chi connectivity index (χ2v) is 12.7. The maximum atomic E-state index is 13.2. The Bertz CT molecular complexity index is 1600. The molecule has 3 aromatic rings. The monoisotopic (exact) mass is 612 g/mol. The number of thioether (sulfide) groups is 1. The van der Waals surface area contributed by atoms with Gasteiger partial charge < -0.3 is 36.8 Å². The molecule has 17 heteroatoms. The normalized spacial score (nSPS) is 24.0. The van der Waals surface area contributed by atoms with Crippen molar-refractivity contribution < 1.29 is 14.6 Å². The van der Waals surface area contributed by atoms with Crippen LogP contribution in [0.25, 0.3) is 11.2 Å². The van der Waals surface area contributed by atoms with Gasteiger partial charge in [-0.1, -0.05) is 0 Å². The van der Waals surface area contributed by atoms with Crippen LogP contribution in [0, 0.1) is 0 Å². The molecule has 2 saturated heterocycles. The molecule has 0 bridgehead atoms. The third-order valence-electron chi connectivity index (χ3n) is 8.03. The molecule has 16 nitrogen and oxygen atoms in total. The number of rotatable bonds is 8. The van der Waals surface area contributed by atoms with E-state index >= 15 is 0 Å². The molecule has 6 rings (SSSR count). The number of ether oxygens (including phenoxy) is 1. The molecule has 230 valence electrons. The second-order valence-electron chi connectivity index (χ2n) is 11.5. The summed E-state index contributed by atoms with van der Waals surface area (Å²) in [5.74, 6) is 1.83. The van der Waals surface area contributed by atoms with E-state index in [-0.39, 0.29) is 47.4 Å². The standard InChI is InChI=1S/C26H36N12O4S/c1-26(2)19(33-18-21(36-26)34-25(28)35-23(18)40)24(41)32-13-3-5-37(6-4-13)7-8-43-10-15-14(39)9-16(42-15)38-12-31-17-20(27)29-11-30-22(17)38/h11-16,39H,3-10H2,1-2H3,(H,32,41)(H2,27,29,30)(H4,28,34,35,36,40)/t14-,15-,16-/m1/s1. The average Bonchev–Trinajstić information content (AvgIpc) is 3.55. The Morgan fingerprint density at radius 2 is 2.05 bits per heavy atom. The molecule has 3 aromatic heterocycles. The summed E-state index contributed by atoms with van der Waals surface area (Å²) in [4.78, 5) is 51.3. The number of nitrogen functional groups attached to an aromatic ring is 2. The molecular weight excluding hydrogens is 576 g/mol. The molecule has 43 heavy (non-hydrogen) atoms. The van der Waals surface area contributed by atoms with Crippen molar-refractivity contribution >= 4 is 57.8 Å². The molecule has 8 N–H and O–H groups in total. The Labute approximate surface area is 251 Å². The molecule has 0 unspecified atom stereocenters. The molecule has 0 aromatic carbocycles. The van der Waals surface area contributed by atoms with Gasteiger partial charge in [-0.3, -0.25) is 19.1 Å². The van der Waals surface area contributed by atoms with Gasteiger partial charge in [0.25, 0.3) is 11.5 Å². The van der Waals surface area contributed by atoms with Crippen molar-refractivity contribution in [3.8, 4) is 0 Å². The van der Waals surface area contributed by atoms with E-state index in [9.17, 15) is 14.7 Å². The molecule has 0 spiro atoms. The number of hydrogen-bond donors (Lipinski definition) is 6. The summed E-state index contributed by atoms with van der Waals surface area (Å²) in [5, 5.41) is 16.8. The number of fused-ring (bicyclic) bond motifs is 2. The number of imidazole rings is 1. The minimum atomic E-state index is -0.826. The van der Waals surface area contributed by atoms with Crippen LogP contribution in [-0.4, -0.2) is 106 Å². The fraction of sp³-hybridized carbons (Fsp3) is 0.577. The SMILES string of the molecule is CC1(C)Nc2nc(N)[nH]c(=O)c2N=C1C(=O)NC1CCN(CCSC[C@H]2O[C@@H](n3cnc4c(N)ncnc43)C[C@H]2O)CC1. The van der Waals surface area contributed by atoms with Crippen molar-refractivity contribution in [2.45, 2.75) is 63.1 Å². The maximum absolute atomic E-state index is 13.2. The van der Waals surface area contributed by atoms with Gasteiger partial charge >= 0.3 is 0 Å². The van der Waals surface area contributed by atoms with E-state index in [1.54, 1.807) is 22.7 Å². The Balaban J connectivity index is 0.942. The van der Waals surface area contributed by atoms with Crippen LogP contribution in [0.2, 0.25) is 0 Å². The molecule has 3 aliphatic rings. The molecular formula is C26H36N12O4S. The van der Waals surface area contributed by atoms with Crippen molar-refractivity contribution in [1.29, 1.82) is 0 Å². The number of anilines is 3. The Hall–Kier alpha value is -3.80. The van der Waals surface area contributed by atoms with E-state index < -0.39 is 17.2 Å². The quantitative estimate of drug-likeness (QED) is 0.185. The summed E-state index contributed by atoms with van der Waals surface area (Å²) in [6, 6.07) is 0.0120. The smallest absolute Gasteiger partial charge is 0.280 e. The predicted molar refractivity (Wildman–Crippen MR) is 163 cm³/mol. The number of aromatic nitrogens is 6. The first-order valence-corrected chi connectivity index (χ1v) is 15.4. The summed E-state index contributed by atoms with van der Waals surface area (Å²) in [6.45, 7) is 6.24. The van der Waals surface area contributed by atoms with Gasteiger partial charge in [-0.05, 0) is 26.7 Å². The molecule has 0 saturated carbocycles. The Morgan fingerprint density at radius 1 is 1.26 bits per heavy atom. The van der Waals surface area contributed by atoms with Crippen molar-refractivity contribution in [2.24, 2.45) is 4.99 Å². The first-order chi connectivity index (χ1) is 20.6. The molecule has 6 heterocycles. The van der Waals surface area contributed by atoms with Crippen LogP contribution < -0.4 is 27.7 Å². The fourth-order valence-corrected chi connectivity index (χ4v) is 6.77. The van der Waals surface area contributed by atoms with E-state index in [0.29, 0.717) is 29.2 Å². The van der Waals surface area contributed by atoms with Crippen molar-refractivity contribution in [3.05, 3.63) is 23.0 Å². The Morgan fingerprint density at radius 3 is 2.84 bits per heavy atom. The number of aliphatic hydroxyl groups is 1. The van der Waals surface area contributed by atoms with E-state index in [1.165, 1.54) is 6.33 Å². The Kier molecular flexibility index (Phi) is 7.97. The van der Waals surface area contributed by atoms with Crippen molar-refractivity contribution in [1.82, 2.24) is 39.7 Å². The lowest BCUT2D eigenvalue weighted by molar-refractivity contribution is -0.116. The topological polar surface area (TPSA) is 228 Å². The van der Waals surface area contributed by atoms with Crippen LogP contribution in [0.1, 0.15) is 39.3 Å². The molecule has 0 aliphatic carbocycles. The van der Waals surface area contributed by atoms with Crippen LogP contribution in [0.3, 0.4) is 0 Å². The third-order valence-corrected chi connectivity index (χ3v) is 9.07. The maximum Gasteiger partial charge on any atom is 0.280 e. The highest BCUT2D eigenvalue weighted by molar-refractivity contribution is 7.99. The van der Waals surface area contributed by atoms with E-state index in [0.717, 1.165) is 38.2 Å². The summed E-state index contributed by atoms with van der Waals surface area (Å²) >= 11 is 1.75. The second kappa shape index (κ2) is 11.7. The summed E-state index contributed by atoms with van der Waals surface area (Å²) in [7, 11) is 0. The highest BCUT2D eigenvalue weighted by Gasteiger charge is 2.38. The molecule has 2 fully saturated rings. The third kappa shape index (κ3) is 6.02. The first-order valence-electron chi connectivity index (χ1n) is 14.2. The molecule has 0 radical (unpaired) electrons. The fourth-order valence-electron chi connectivity index (χ4n) is 5.68. The number of H-pyrrole nitrogens is 1. The van der Waals surface area contributed by atoms with Crippen LogP contribution in [-0.2, 0) is 9.53 Å². The van der Waals surface area contributed by atoms with Gasteiger partial charge in [0.05, 0.1) is 24.1 Å². The number of piperidine rings is 1. The first kappa shape index (κ1) is 29.3. The van der Waals surface area contributed by atoms with Crippen LogP contribution in [0.4, 0.5) is 23.3 Å². The van der Waals surface area contributed by atoms with Gasteiger partial charge in [0.1, 0.15) is 23.8 Å².